The molecule has 0 saturated heterocycles. The predicted molar refractivity (Wildman–Crippen MR) is 82.7 cm³/mol. The average molecular weight is 263 g/mol. The fourth-order valence-electron chi connectivity index (χ4n) is 2.47. The van der Waals surface area contributed by atoms with E-state index in [2.05, 4.69) is 36.1 Å². The van der Waals surface area contributed by atoms with E-state index in [1.54, 1.807) is 0 Å². The van der Waals surface area contributed by atoms with Crippen LogP contribution in [0.1, 0.15) is 17.5 Å². The van der Waals surface area contributed by atoms with Crippen LogP contribution in [0, 0.1) is 12.3 Å². The second-order valence-electron chi connectivity index (χ2n) is 4.99. The number of hydrogen-bond acceptors (Lipinski definition) is 2. The minimum absolute atomic E-state index is 0.817. The van der Waals surface area contributed by atoms with Gasteiger partial charge in [0.2, 0.25) is 0 Å². The first-order valence-electron chi connectivity index (χ1n) is 6.84. The normalized spacial score (nSPS) is 13.0. The molecule has 0 radical (unpaired) electrons. The molecule has 0 amide bonds. The molecule has 1 aliphatic heterocycles. The van der Waals surface area contributed by atoms with Gasteiger partial charge in [0.05, 0.1) is 6.61 Å². The lowest BCUT2D eigenvalue weighted by atomic mass is 10.1. The maximum Gasteiger partial charge on any atom is 0.124 e. The third-order valence-corrected chi connectivity index (χ3v) is 3.71. The van der Waals surface area contributed by atoms with Crippen LogP contribution in [0.2, 0.25) is 0 Å². The number of ether oxygens (including phenoxy) is 1. The molecule has 2 aromatic rings. The van der Waals surface area contributed by atoms with Gasteiger partial charge in [-0.2, -0.15) is 0 Å². The van der Waals surface area contributed by atoms with Crippen LogP contribution in [0.15, 0.2) is 42.5 Å². The molecule has 2 heteroatoms. The Morgan fingerprint density at radius 3 is 2.60 bits per heavy atom. The van der Waals surface area contributed by atoms with E-state index >= 15 is 0 Å². The maximum absolute atomic E-state index is 5.73. The summed E-state index contributed by atoms with van der Waals surface area (Å²) in [4.78, 5) is 2.14. The number of fused-ring (bicyclic) bond motifs is 1. The number of hydrogen-bond donors (Lipinski definition) is 0. The molecule has 0 unspecified atom stereocenters. The second kappa shape index (κ2) is 5.30. The van der Waals surface area contributed by atoms with Gasteiger partial charge in [-0.3, -0.25) is 0 Å². The van der Waals surface area contributed by atoms with Crippen molar-refractivity contribution in [3.8, 4) is 18.1 Å². The van der Waals surface area contributed by atoms with Crippen LogP contribution in [-0.4, -0.2) is 13.7 Å². The third kappa shape index (κ3) is 2.35. The van der Waals surface area contributed by atoms with Crippen LogP contribution in [0.25, 0.3) is 0 Å². The van der Waals surface area contributed by atoms with Gasteiger partial charge in [0.1, 0.15) is 5.75 Å². The fourth-order valence-corrected chi connectivity index (χ4v) is 2.47. The zero-order valence-electron chi connectivity index (χ0n) is 11.6. The topological polar surface area (TPSA) is 12.5 Å². The molecular weight excluding hydrogens is 246 g/mol. The van der Waals surface area contributed by atoms with Crippen molar-refractivity contribution in [2.24, 2.45) is 0 Å². The molecule has 0 aliphatic carbocycles. The van der Waals surface area contributed by atoms with Crippen LogP contribution in [0.5, 0.6) is 5.75 Å². The van der Waals surface area contributed by atoms with E-state index < -0.39 is 0 Å². The number of rotatable bonds is 2. The van der Waals surface area contributed by atoms with Crippen molar-refractivity contribution in [3.63, 3.8) is 0 Å². The van der Waals surface area contributed by atoms with E-state index in [1.165, 1.54) is 5.56 Å². The van der Waals surface area contributed by atoms with Gasteiger partial charge >= 0.3 is 0 Å². The number of anilines is 2. The van der Waals surface area contributed by atoms with Crippen molar-refractivity contribution in [2.45, 2.75) is 12.8 Å². The first kappa shape index (κ1) is 12.6. The lowest BCUT2D eigenvalue weighted by molar-refractivity contribution is 0.288. The number of nitrogens with zero attached hydrogens (tertiary/aromatic N) is 1. The smallest absolute Gasteiger partial charge is 0.124 e. The summed E-state index contributed by atoms with van der Waals surface area (Å²) in [5.74, 6) is 3.65. The Hall–Kier alpha value is -2.40. The van der Waals surface area contributed by atoms with Crippen LogP contribution >= 0.6 is 0 Å². The van der Waals surface area contributed by atoms with Gasteiger partial charge in [-0.1, -0.05) is 12.0 Å². The Bertz CT molecular complexity index is 652. The molecule has 0 atom stereocenters. The molecule has 2 nitrogen and oxygen atoms in total. The summed E-state index contributed by atoms with van der Waals surface area (Å²) in [6, 6.07) is 14.4. The van der Waals surface area contributed by atoms with Crippen molar-refractivity contribution in [1.82, 2.24) is 0 Å². The number of benzene rings is 2. The maximum atomic E-state index is 5.73. The third-order valence-electron chi connectivity index (χ3n) is 3.71. The van der Waals surface area contributed by atoms with Gasteiger partial charge in [0, 0.05) is 30.1 Å². The first-order chi connectivity index (χ1) is 9.78. The number of terminal acetylenes is 1. The van der Waals surface area contributed by atoms with E-state index in [0.717, 1.165) is 42.1 Å². The highest BCUT2D eigenvalue weighted by molar-refractivity contribution is 5.65. The standard InChI is InChI=1S/C18H17NO/c1-3-14-6-9-16(10-7-14)19(2)17-11-8-15-5-4-12-20-18(15)13-17/h1,6-11,13H,4-5,12H2,2H3. The van der Waals surface area contributed by atoms with Crippen LogP contribution in [-0.2, 0) is 6.42 Å². The summed E-state index contributed by atoms with van der Waals surface area (Å²) in [6.45, 7) is 0.817. The van der Waals surface area contributed by atoms with Crippen molar-refractivity contribution in [2.75, 3.05) is 18.6 Å². The second-order valence-corrected chi connectivity index (χ2v) is 4.99. The highest BCUT2D eigenvalue weighted by Gasteiger charge is 2.12. The molecule has 1 aliphatic rings. The van der Waals surface area contributed by atoms with Gasteiger partial charge in [0.25, 0.3) is 0 Å². The van der Waals surface area contributed by atoms with E-state index in [1.807, 2.05) is 24.3 Å². The van der Waals surface area contributed by atoms with Gasteiger partial charge in [-0.15, -0.1) is 6.42 Å². The Kier molecular flexibility index (Phi) is 3.35. The van der Waals surface area contributed by atoms with Crippen LogP contribution in [0.3, 0.4) is 0 Å². The molecule has 0 aromatic heterocycles. The zero-order valence-corrected chi connectivity index (χ0v) is 11.6. The molecule has 2 aromatic carbocycles. The highest BCUT2D eigenvalue weighted by Crippen LogP contribution is 2.32. The summed E-state index contributed by atoms with van der Waals surface area (Å²) in [6.07, 6.45) is 7.60. The van der Waals surface area contributed by atoms with Crippen molar-refractivity contribution >= 4 is 11.4 Å². The first-order valence-corrected chi connectivity index (χ1v) is 6.84. The fraction of sp³-hybridized carbons (Fsp3) is 0.222. The Balaban J connectivity index is 1.89. The van der Waals surface area contributed by atoms with Crippen LogP contribution in [0.4, 0.5) is 11.4 Å². The molecule has 3 rings (SSSR count). The molecule has 20 heavy (non-hydrogen) atoms. The molecule has 1 heterocycles. The minimum atomic E-state index is 0.817. The molecule has 0 N–H and O–H groups in total. The molecule has 0 saturated carbocycles. The van der Waals surface area contributed by atoms with Crippen LogP contribution < -0.4 is 9.64 Å². The average Bonchev–Trinajstić information content (AvgIpc) is 2.54. The van der Waals surface area contributed by atoms with Gasteiger partial charge in [-0.05, 0) is 48.7 Å². The Labute approximate surface area is 120 Å². The number of aryl methyl sites for hydroxylation is 1. The van der Waals surface area contributed by atoms with E-state index in [4.69, 9.17) is 11.2 Å². The SMILES string of the molecule is C#Cc1ccc(N(C)c2ccc3c(c2)OCCC3)cc1. The zero-order chi connectivity index (χ0) is 13.9. The van der Waals surface area contributed by atoms with Gasteiger partial charge in [-0.25, -0.2) is 0 Å². The van der Waals surface area contributed by atoms with E-state index in [-0.39, 0.29) is 0 Å². The summed E-state index contributed by atoms with van der Waals surface area (Å²) >= 11 is 0. The van der Waals surface area contributed by atoms with Gasteiger partial charge in [0.15, 0.2) is 0 Å². The quantitative estimate of drug-likeness (QED) is 0.765. The monoisotopic (exact) mass is 263 g/mol. The summed E-state index contributed by atoms with van der Waals surface area (Å²) in [5, 5.41) is 0. The summed E-state index contributed by atoms with van der Waals surface area (Å²) in [7, 11) is 2.05. The highest BCUT2D eigenvalue weighted by atomic mass is 16.5. The molecular formula is C18H17NO. The van der Waals surface area contributed by atoms with E-state index in [0.29, 0.717) is 0 Å². The largest absolute Gasteiger partial charge is 0.493 e. The summed E-state index contributed by atoms with van der Waals surface area (Å²) in [5.41, 5.74) is 4.44. The summed E-state index contributed by atoms with van der Waals surface area (Å²) < 4.78 is 5.73. The van der Waals surface area contributed by atoms with Gasteiger partial charge < -0.3 is 9.64 Å². The van der Waals surface area contributed by atoms with Crippen molar-refractivity contribution in [3.05, 3.63) is 53.6 Å². The molecule has 0 spiro atoms. The predicted octanol–water partition coefficient (Wildman–Crippen LogP) is 3.76. The lowest BCUT2D eigenvalue weighted by Gasteiger charge is -2.23. The van der Waals surface area contributed by atoms with Crippen molar-refractivity contribution in [1.29, 1.82) is 0 Å². The lowest BCUT2D eigenvalue weighted by Crippen LogP contribution is -2.12. The molecule has 0 bridgehead atoms. The Morgan fingerprint density at radius 1 is 1.10 bits per heavy atom. The molecule has 0 fully saturated rings. The minimum Gasteiger partial charge on any atom is -0.493 e. The molecule has 100 valence electrons. The Morgan fingerprint density at radius 2 is 1.85 bits per heavy atom. The van der Waals surface area contributed by atoms with E-state index in [9.17, 15) is 0 Å². The van der Waals surface area contributed by atoms with Crippen molar-refractivity contribution < 1.29 is 4.74 Å².